The smallest absolute Gasteiger partial charge is 0.0794 e. The molecule has 2 N–H and O–H groups in total. The summed E-state index contributed by atoms with van der Waals surface area (Å²) in [7, 11) is 0. The second kappa shape index (κ2) is 3.31. The van der Waals surface area contributed by atoms with E-state index in [1.807, 2.05) is 11.7 Å². The van der Waals surface area contributed by atoms with Gasteiger partial charge in [0, 0.05) is 23.0 Å². The Balaban J connectivity index is 2.05. The zero-order chi connectivity index (χ0) is 10.2. The van der Waals surface area contributed by atoms with Gasteiger partial charge in [-0.05, 0) is 24.7 Å². The SMILES string of the molecule is CC1(C)CCC(N)(Cc2cncs2)C1. The Morgan fingerprint density at radius 3 is 2.79 bits per heavy atom. The standard InChI is InChI=1S/C11H18N2S/c1-10(2)3-4-11(12,7-10)5-9-6-13-8-14-9/h6,8H,3-5,7,12H2,1-2H3. The molecule has 0 bridgehead atoms. The summed E-state index contributed by atoms with van der Waals surface area (Å²) in [4.78, 5) is 5.42. The number of hydrogen-bond acceptors (Lipinski definition) is 3. The van der Waals surface area contributed by atoms with E-state index in [4.69, 9.17) is 5.73 Å². The van der Waals surface area contributed by atoms with Gasteiger partial charge in [0.2, 0.25) is 0 Å². The van der Waals surface area contributed by atoms with Gasteiger partial charge in [0.25, 0.3) is 0 Å². The predicted octanol–water partition coefficient (Wildman–Crippen LogP) is 2.59. The van der Waals surface area contributed by atoms with Gasteiger partial charge in [-0.25, -0.2) is 0 Å². The van der Waals surface area contributed by atoms with Crippen LogP contribution in [0, 0.1) is 5.41 Å². The van der Waals surface area contributed by atoms with E-state index >= 15 is 0 Å². The monoisotopic (exact) mass is 210 g/mol. The average molecular weight is 210 g/mol. The molecule has 1 atom stereocenters. The molecule has 1 fully saturated rings. The van der Waals surface area contributed by atoms with E-state index in [0.29, 0.717) is 5.41 Å². The molecule has 0 amide bonds. The van der Waals surface area contributed by atoms with Crippen LogP contribution in [-0.4, -0.2) is 10.5 Å². The van der Waals surface area contributed by atoms with Crippen molar-refractivity contribution >= 4 is 11.3 Å². The second-order valence-corrected chi connectivity index (χ2v) is 6.32. The zero-order valence-electron chi connectivity index (χ0n) is 8.92. The van der Waals surface area contributed by atoms with Crippen molar-refractivity contribution < 1.29 is 0 Å². The number of nitrogens with two attached hydrogens (primary N) is 1. The highest BCUT2D eigenvalue weighted by atomic mass is 32.1. The third-order valence-electron chi connectivity index (χ3n) is 3.14. The van der Waals surface area contributed by atoms with E-state index in [9.17, 15) is 0 Å². The maximum atomic E-state index is 6.40. The molecule has 1 aromatic heterocycles. The van der Waals surface area contributed by atoms with E-state index in [0.717, 1.165) is 19.3 Å². The fourth-order valence-electron chi connectivity index (χ4n) is 2.54. The first-order valence-electron chi connectivity index (χ1n) is 5.15. The normalized spacial score (nSPS) is 30.8. The van der Waals surface area contributed by atoms with Crippen LogP contribution in [0.15, 0.2) is 11.7 Å². The third kappa shape index (κ3) is 2.15. The maximum Gasteiger partial charge on any atom is 0.0794 e. The first-order chi connectivity index (χ1) is 6.49. The van der Waals surface area contributed by atoms with Crippen LogP contribution in [0.25, 0.3) is 0 Å². The number of hydrogen-bond donors (Lipinski definition) is 1. The van der Waals surface area contributed by atoms with Gasteiger partial charge in [0.05, 0.1) is 5.51 Å². The highest BCUT2D eigenvalue weighted by molar-refractivity contribution is 7.09. The van der Waals surface area contributed by atoms with Crippen molar-refractivity contribution in [1.29, 1.82) is 0 Å². The van der Waals surface area contributed by atoms with Crippen LogP contribution in [-0.2, 0) is 6.42 Å². The fourth-order valence-corrected chi connectivity index (χ4v) is 3.29. The Morgan fingerprint density at radius 2 is 2.29 bits per heavy atom. The molecule has 0 spiro atoms. The zero-order valence-corrected chi connectivity index (χ0v) is 9.73. The van der Waals surface area contributed by atoms with Crippen molar-refractivity contribution in [2.45, 2.75) is 45.1 Å². The molecule has 0 radical (unpaired) electrons. The lowest BCUT2D eigenvalue weighted by atomic mass is 9.86. The van der Waals surface area contributed by atoms with E-state index < -0.39 is 0 Å². The van der Waals surface area contributed by atoms with Crippen molar-refractivity contribution in [3.63, 3.8) is 0 Å². The van der Waals surface area contributed by atoms with Gasteiger partial charge in [0.1, 0.15) is 0 Å². The van der Waals surface area contributed by atoms with Crippen LogP contribution in [0.4, 0.5) is 0 Å². The second-order valence-electron chi connectivity index (χ2n) is 5.35. The number of rotatable bonds is 2. The summed E-state index contributed by atoms with van der Waals surface area (Å²) in [5.74, 6) is 0. The summed E-state index contributed by atoms with van der Waals surface area (Å²) in [6.07, 6.45) is 6.49. The topological polar surface area (TPSA) is 38.9 Å². The highest BCUT2D eigenvalue weighted by Crippen LogP contribution is 2.43. The Labute approximate surface area is 89.5 Å². The fraction of sp³-hybridized carbons (Fsp3) is 0.727. The van der Waals surface area contributed by atoms with Crippen LogP contribution in [0.1, 0.15) is 38.0 Å². The van der Waals surface area contributed by atoms with Crippen LogP contribution in [0.2, 0.25) is 0 Å². The summed E-state index contributed by atoms with van der Waals surface area (Å²) in [6, 6.07) is 0. The Hall–Kier alpha value is -0.410. The lowest BCUT2D eigenvalue weighted by molar-refractivity contribution is 0.335. The van der Waals surface area contributed by atoms with Gasteiger partial charge in [0.15, 0.2) is 0 Å². The van der Waals surface area contributed by atoms with Crippen LogP contribution < -0.4 is 5.73 Å². The highest BCUT2D eigenvalue weighted by Gasteiger charge is 2.40. The van der Waals surface area contributed by atoms with E-state index in [2.05, 4.69) is 18.8 Å². The number of thiazole rings is 1. The maximum absolute atomic E-state index is 6.40. The predicted molar refractivity (Wildman–Crippen MR) is 60.4 cm³/mol. The summed E-state index contributed by atoms with van der Waals surface area (Å²) >= 11 is 1.72. The van der Waals surface area contributed by atoms with Crippen molar-refractivity contribution in [3.05, 3.63) is 16.6 Å². The Kier molecular flexibility index (Phi) is 2.40. The minimum absolute atomic E-state index is 0.0238. The molecule has 0 aromatic carbocycles. The molecule has 2 nitrogen and oxygen atoms in total. The van der Waals surface area contributed by atoms with Crippen molar-refractivity contribution in [2.24, 2.45) is 11.1 Å². The summed E-state index contributed by atoms with van der Waals surface area (Å²) in [6.45, 7) is 4.63. The van der Waals surface area contributed by atoms with Gasteiger partial charge in [-0.1, -0.05) is 13.8 Å². The van der Waals surface area contributed by atoms with E-state index in [-0.39, 0.29) is 5.54 Å². The molecule has 3 heteroatoms. The van der Waals surface area contributed by atoms with Gasteiger partial charge in [-0.15, -0.1) is 11.3 Å². The molecule has 1 saturated carbocycles. The minimum Gasteiger partial charge on any atom is -0.325 e. The molecule has 1 aliphatic rings. The van der Waals surface area contributed by atoms with E-state index in [1.165, 1.54) is 11.3 Å². The Morgan fingerprint density at radius 1 is 1.50 bits per heavy atom. The van der Waals surface area contributed by atoms with Crippen LogP contribution in [0.5, 0.6) is 0 Å². The number of nitrogens with zero attached hydrogens (tertiary/aromatic N) is 1. The molecule has 1 aromatic rings. The molecule has 0 aliphatic heterocycles. The van der Waals surface area contributed by atoms with Gasteiger partial charge >= 0.3 is 0 Å². The molecular weight excluding hydrogens is 192 g/mol. The molecule has 1 unspecified atom stereocenters. The van der Waals surface area contributed by atoms with Crippen LogP contribution in [0.3, 0.4) is 0 Å². The summed E-state index contributed by atoms with van der Waals surface area (Å²) < 4.78 is 0. The molecule has 14 heavy (non-hydrogen) atoms. The molecule has 78 valence electrons. The molecule has 1 aliphatic carbocycles. The van der Waals surface area contributed by atoms with Crippen molar-refractivity contribution in [2.75, 3.05) is 0 Å². The lowest BCUT2D eigenvalue weighted by Crippen LogP contribution is -2.39. The summed E-state index contributed by atoms with van der Waals surface area (Å²) in [5, 5.41) is 0. The molecule has 1 heterocycles. The van der Waals surface area contributed by atoms with Crippen LogP contribution >= 0.6 is 11.3 Å². The van der Waals surface area contributed by atoms with Crippen molar-refractivity contribution in [3.8, 4) is 0 Å². The lowest BCUT2D eigenvalue weighted by Gasteiger charge is -2.25. The quantitative estimate of drug-likeness (QED) is 0.815. The van der Waals surface area contributed by atoms with Gasteiger partial charge < -0.3 is 5.73 Å². The van der Waals surface area contributed by atoms with Crippen molar-refractivity contribution in [1.82, 2.24) is 4.98 Å². The molecule has 2 rings (SSSR count). The molecule has 0 saturated heterocycles. The number of aromatic nitrogens is 1. The molecular formula is C11H18N2S. The van der Waals surface area contributed by atoms with E-state index in [1.54, 1.807) is 11.3 Å². The van der Waals surface area contributed by atoms with Gasteiger partial charge in [-0.3, -0.25) is 4.98 Å². The van der Waals surface area contributed by atoms with Gasteiger partial charge in [-0.2, -0.15) is 0 Å². The third-order valence-corrected chi connectivity index (χ3v) is 3.92. The summed E-state index contributed by atoms with van der Waals surface area (Å²) in [5.41, 5.74) is 8.75. The average Bonchev–Trinajstić information content (AvgIpc) is 2.60. The largest absolute Gasteiger partial charge is 0.325 e. The minimum atomic E-state index is 0.0238. The first-order valence-corrected chi connectivity index (χ1v) is 6.03. The first kappa shape index (κ1) is 10.1. The Bertz CT molecular complexity index is 305.